The minimum atomic E-state index is -1.78. The van der Waals surface area contributed by atoms with E-state index in [9.17, 15) is 4.79 Å². The summed E-state index contributed by atoms with van der Waals surface area (Å²) in [5.74, 6) is 0. The molecule has 6 heteroatoms. The highest BCUT2D eigenvalue weighted by Gasteiger charge is 2.37. The van der Waals surface area contributed by atoms with Gasteiger partial charge in [-0.15, -0.1) is 0 Å². The summed E-state index contributed by atoms with van der Waals surface area (Å²) in [6.07, 6.45) is 0. The molecule has 1 saturated heterocycles. The molecule has 0 radical (unpaired) electrons. The van der Waals surface area contributed by atoms with E-state index in [1.54, 1.807) is 0 Å². The molecule has 1 fully saturated rings. The summed E-state index contributed by atoms with van der Waals surface area (Å²) < 4.78 is 7.41. The molecule has 0 unspecified atom stereocenters. The molecular formula is C18H31N3O2Si. The van der Waals surface area contributed by atoms with E-state index in [-0.39, 0.29) is 11.6 Å². The lowest BCUT2D eigenvalue weighted by Crippen LogP contribution is -2.60. The Kier molecular flexibility index (Phi) is 5.60. The van der Waals surface area contributed by atoms with Gasteiger partial charge in [0.25, 0.3) is 0 Å². The summed E-state index contributed by atoms with van der Waals surface area (Å²) in [5, 5.41) is 3.06. The fourth-order valence-electron chi connectivity index (χ4n) is 3.37. The normalized spacial score (nSPS) is 16.0. The maximum absolute atomic E-state index is 12.8. The van der Waals surface area contributed by atoms with Gasteiger partial charge >= 0.3 is 6.03 Å². The summed E-state index contributed by atoms with van der Waals surface area (Å²) in [6.45, 7) is 16.2. The summed E-state index contributed by atoms with van der Waals surface area (Å²) >= 11 is 0. The maximum Gasteiger partial charge on any atom is 0.314 e. The lowest BCUT2D eigenvalue weighted by molar-refractivity contribution is 0.122. The first kappa shape index (κ1) is 18.8. The molecule has 2 rings (SSSR count). The van der Waals surface area contributed by atoms with Crippen LogP contribution in [0.3, 0.4) is 0 Å². The van der Waals surface area contributed by atoms with Crippen LogP contribution in [0.5, 0.6) is 0 Å². The number of nitrogens with zero attached hydrogens (tertiary/aromatic N) is 2. The van der Waals surface area contributed by atoms with Crippen molar-refractivity contribution in [2.24, 2.45) is 0 Å². The van der Waals surface area contributed by atoms with Crippen molar-refractivity contribution in [2.75, 3.05) is 36.5 Å². The first-order valence-corrected chi connectivity index (χ1v) is 12.1. The van der Waals surface area contributed by atoms with Gasteiger partial charge in [0.1, 0.15) is 0 Å². The van der Waals surface area contributed by atoms with Crippen LogP contribution in [-0.2, 0) is 4.74 Å². The van der Waals surface area contributed by atoms with Gasteiger partial charge < -0.3 is 19.5 Å². The largest absolute Gasteiger partial charge is 0.378 e. The minimum Gasteiger partial charge on any atom is -0.378 e. The Bertz CT molecular complexity index is 541. The van der Waals surface area contributed by atoms with Crippen LogP contribution in [0.4, 0.5) is 16.2 Å². The number of morpholine rings is 1. The smallest absolute Gasteiger partial charge is 0.314 e. The number of carbonyl (C=O) groups is 1. The second-order valence-electron chi connectivity index (χ2n) is 8.25. The quantitative estimate of drug-likeness (QED) is 0.839. The second-order valence-corrected chi connectivity index (χ2v) is 13.0. The van der Waals surface area contributed by atoms with E-state index in [0.29, 0.717) is 0 Å². The Morgan fingerprint density at radius 1 is 1.12 bits per heavy atom. The minimum absolute atomic E-state index is 0.0132. The fraction of sp³-hybridized carbons (Fsp3) is 0.611. The van der Waals surface area contributed by atoms with Crippen LogP contribution in [-0.4, -0.2) is 50.7 Å². The van der Waals surface area contributed by atoms with E-state index in [1.807, 2.05) is 16.7 Å². The van der Waals surface area contributed by atoms with Crippen molar-refractivity contribution in [1.82, 2.24) is 4.57 Å². The molecule has 2 amide bonds. The molecule has 1 aromatic rings. The second kappa shape index (κ2) is 7.15. The molecule has 0 aromatic heterocycles. The number of hydrogen-bond acceptors (Lipinski definition) is 3. The zero-order valence-corrected chi connectivity index (χ0v) is 16.8. The topological polar surface area (TPSA) is 44.8 Å². The fourth-order valence-corrected chi connectivity index (χ4v) is 6.05. The molecule has 0 spiro atoms. The van der Waals surface area contributed by atoms with Crippen LogP contribution in [0.15, 0.2) is 24.3 Å². The molecular weight excluding hydrogens is 318 g/mol. The third kappa shape index (κ3) is 4.74. The van der Waals surface area contributed by atoms with Crippen molar-refractivity contribution in [3.05, 3.63) is 24.3 Å². The van der Waals surface area contributed by atoms with Crippen LogP contribution in [0, 0.1) is 0 Å². The summed E-state index contributed by atoms with van der Waals surface area (Å²) in [7, 11) is -1.78. The molecule has 1 heterocycles. The SMILES string of the molecule is CC(C)(C)N(C(=O)Nc1ccc(N2CCOCC2)cc1)[Si](C)(C)C. The van der Waals surface area contributed by atoms with Crippen LogP contribution in [0.25, 0.3) is 0 Å². The van der Waals surface area contributed by atoms with Crippen LogP contribution < -0.4 is 10.2 Å². The van der Waals surface area contributed by atoms with E-state index < -0.39 is 8.24 Å². The predicted octanol–water partition coefficient (Wildman–Crippen LogP) is 3.99. The van der Waals surface area contributed by atoms with E-state index in [0.717, 1.165) is 32.0 Å². The van der Waals surface area contributed by atoms with Crippen molar-refractivity contribution in [1.29, 1.82) is 0 Å². The number of hydrogen-bond donors (Lipinski definition) is 1. The van der Waals surface area contributed by atoms with E-state index >= 15 is 0 Å². The van der Waals surface area contributed by atoms with Gasteiger partial charge in [0.15, 0.2) is 8.24 Å². The standard InChI is InChI=1S/C18H31N3O2Si/c1-18(2,3)21(24(4,5)6)17(22)19-15-7-9-16(10-8-15)20-11-13-23-14-12-20/h7-10H,11-14H2,1-6H3,(H,19,22). The molecule has 1 aliphatic rings. The van der Waals surface area contributed by atoms with Crippen LogP contribution in [0.1, 0.15) is 20.8 Å². The number of rotatable bonds is 3. The number of amides is 2. The monoisotopic (exact) mass is 349 g/mol. The van der Waals surface area contributed by atoms with Crippen molar-refractivity contribution in [2.45, 2.75) is 46.0 Å². The molecule has 0 aliphatic carbocycles. The Morgan fingerprint density at radius 2 is 1.67 bits per heavy atom. The van der Waals surface area contributed by atoms with Crippen LogP contribution in [0.2, 0.25) is 19.6 Å². The van der Waals surface area contributed by atoms with Crippen molar-refractivity contribution in [3.8, 4) is 0 Å². The number of carbonyl (C=O) groups excluding carboxylic acids is 1. The first-order valence-electron chi connectivity index (χ1n) is 8.63. The van der Waals surface area contributed by atoms with E-state index in [1.165, 1.54) is 5.69 Å². The Labute approximate surface area is 147 Å². The van der Waals surface area contributed by atoms with E-state index in [2.05, 4.69) is 62.8 Å². The maximum atomic E-state index is 12.8. The number of anilines is 2. The molecule has 0 bridgehead atoms. The summed E-state index contributed by atoms with van der Waals surface area (Å²) in [5.41, 5.74) is 1.82. The third-order valence-corrected chi connectivity index (χ3v) is 6.26. The highest BCUT2D eigenvalue weighted by Crippen LogP contribution is 2.25. The molecule has 1 N–H and O–H groups in total. The Balaban J connectivity index is 2.08. The Hall–Kier alpha value is -1.53. The van der Waals surface area contributed by atoms with E-state index in [4.69, 9.17) is 4.74 Å². The van der Waals surface area contributed by atoms with Gasteiger partial charge in [0.05, 0.1) is 13.2 Å². The van der Waals surface area contributed by atoms with Gasteiger partial charge in [-0.25, -0.2) is 4.79 Å². The predicted molar refractivity (Wildman–Crippen MR) is 103 cm³/mol. The highest BCUT2D eigenvalue weighted by molar-refractivity contribution is 6.75. The number of urea groups is 1. The number of ether oxygens (including phenoxy) is 1. The molecule has 5 nitrogen and oxygen atoms in total. The summed E-state index contributed by atoms with van der Waals surface area (Å²) in [4.78, 5) is 15.1. The van der Waals surface area contributed by atoms with Crippen LogP contribution >= 0.6 is 0 Å². The molecule has 0 saturated carbocycles. The zero-order chi connectivity index (χ0) is 18.0. The van der Waals surface area contributed by atoms with Gasteiger partial charge in [-0.2, -0.15) is 0 Å². The lowest BCUT2D eigenvalue weighted by atomic mass is 10.1. The average molecular weight is 350 g/mol. The molecule has 24 heavy (non-hydrogen) atoms. The lowest BCUT2D eigenvalue weighted by Gasteiger charge is -2.44. The highest BCUT2D eigenvalue weighted by atomic mass is 28.3. The summed E-state index contributed by atoms with van der Waals surface area (Å²) in [6, 6.07) is 8.08. The van der Waals surface area contributed by atoms with Gasteiger partial charge in [-0.1, -0.05) is 19.6 Å². The number of nitrogens with one attached hydrogen (secondary N) is 1. The van der Waals surface area contributed by atoms with Gasteiger partial charge in [0, 0.05) is 30.0 Å². The van der Waals surface area contributed by atoms with Crippen molar-refractivity contribution >= 4 is 25.6 Å². The van der Waals surface area contributed by atoms with Gasteiger partial charge in [-0.05, 0) is 45.0 Å². The molecule has 134 valence electrons. The molecule has 1 aromatic carbocycles. The Morgan fingerprint density at radius 3 is 2.12 bits per heavy atom. The molecule has 0 atom stereocenters. The zero-order valence-electron chi connectivity index (χ0n) is 15.8. The van der Waals surface area contributed by atoms with Gasteiger partial charge in [-0.3, -0.25) is 0 Å². The molecule has 1 aliphatic heterocycles. The number of benzene rings is 1. The third-order valence-electron chi connectivity index (χ3n) is 4.04. The van der Waals surface area contributed by atoms with Crippen molar-refractivity contribution in [3.63, 3.8) is 0 Å². The average Bonchev–Trinajstić information content (AvgIpc) is 2.45. The van der Waals surface area contributed by atoms with Crippen molar-refractivity contribution < 1.29 is 9.53 Å². The van der Waals surface area contributed by atoms with Gasteiger partial charge in [0.2, 0.25) is 0 Å². The first-order chi connectivity index (χ1) is 11.1.